The summed E-state index contributed by atoms with van der Waals surface area (Å²) in [7, 11) is 0. The summed E-state index contributed by atoms with van der Waals surface area (Å²) in [6.45, 7) is 7.85. The fourth-order valence-corrected chi connectivity index (χ4v) is 7.70. The van der Waals surface area contributed by atoms with Crippen molar-refractivity contribution >= 4 is 23.8 Å². The molecule has 4 aliphatic heterocycles. The van der Waals surface area contributed by atoms with E-state index in [2.05, 4.69) is 41.2 Å². The smallest absolute Gasteiger partial charge is 0.318 e. The molecule has 2 saturated carbocycles. The van der Waals surface area contributed by atoms with Crippen molar-refractivity contribution < 1.29 is 19.4 Å². The molecule has 42 heavy (non-hydrogen) atoms. The van der Waals surface area contributed by atoms with Crippen molar-refractivity contribution in [2.75, 3.05) is 31.1 Å². The van der Waals surface area contributed by atoms with Crippen molar-refractivity contribution in [2.24, 2.45) is 11.8 Å². The van der Waals surface area contributed by atoms with Crippen LogP contribution in [0.4, 0.5) is 10.5 Å². The zero-order valence-corrected chi connectivity index (χ0v) is 24.6. The maximum atomic E-state index is 13.1. The lowest BCUT2D eigenvalue weighted by molar-refractivity contribution is -0.122. The highest BCUT2D eigenvalue weighted by molar-refractivity contribution is 5.79. The standard InChI is InChI=1S/C25H34N6O2.C6H6.CH2O2/c1-16-6-9-29(12-16)19-10-17(2)21-26-22(28-31(21)13-19)25-11-18(14-33-25)20(25)30-15-24(27-23(30)32)7-4-3-5-8-24;1-2-4-6-5-3-1;2-1-3/h10,13,16,18,20H,3-9,11-12,14-15H2,1-2H3,(H,27,32);1-6H;1H,(H,2,3). The lowest BCUT2D eigenvalue weighted by Gasteiger charge is -2.47. The SMILES string of the molecule is Cc1cc(N2CCC(C)C2)cn2nc(C34CC(CO3)C4N3CC4(CCCCC4)NC3=O)nc12.O=CO.c1ccccc1. The quantitative estimate of drug-likeness (QED) is 0.439. The number of benzene rings is 1. The first-order valence-corrected chi connectivity index (χ1v) is 15.3. The number of fused-ring (bicyclic) bond motifs is 2. The van der Waals surface area contributed by atoms with Crippen LogP contribution in [0.15, 0.2) is 48.7 Å². The summed E-state index contributed by atoms with van der Waals surface area (Å²) >= 11 is 0. The number of hydrogen-bond acceptors (Lipinski definition) is 6. The number of nitrogens with one attached hydrogen (secondary N) is 1. The van der Waals surface area contributed by atoms with Crippen LogP contribution >= 0.6 is 0 Å². The van der Waals surface area contributed by atoms with Crippen molar-refractivity contribution in [1.29, 1.82) is 0 Å². The molecule has 6 aliphatic rings. The van der Waals surface area contributed by atoms with E-state index < -0.39 is 5.60 Å². The van der Waals surface area contributed by atoms with E-state index in [1.807, 2.05) is 40.9 Å². The zero-order valence-electron chi connectivity index (χ0n) is 24.6. The number of nitrogens with zero attached hydrogens (tertiary/aromatic N) is 5. The number of aromatic nitrogens is 3. The van der Waals surface area contributed by atoms with E-state index in [1.165, 1.54) is 31.4 Å². The second kappa shape index (κ2) is 11.6. The minimum atomic E-state index is -0.566. The van der Waals surface area contributed by atoms with Crippen LogP contribution in [0.2, 0.25) is 0 Å². The molecule has 2 bridgehead atoms. The number of carboxylic acid groups (broad SMARTS) is 1. The van der Waals surface area contributed by atoms with E-state index in [-0.39, 0.29) is 24.1 Å². The Kier molecular flexibility index (Phi) is 7.83. The molecule has 2 aliphatic carbocycles. The average Bonchev–Trinajstić information content (AvgIpc) is 3.80. The van der Waals surface area contributed by atoms with Gasteiger partial charge in [0, 0.05) is 25.6 Å². The summed E-state index contributed by atoms with van der Waals surface area (Å²) in [6, 6.07) is 14.4. The number of ether oxygens (including phenoxy) is 1. The number of pyridine rings is 1. The van der Waals surface area contributed by atoms with Gasteiger partial charge in [-0.05, 0) is 50.2 Å². The number of carbonyl (C=O) groups is 2. The van der Waals surface area contributed by atoms with Crippen molar-refractivity contribution in [3.63, 3.8) is 0 Å². The normalized spacial score (nSPS) is 28.9. The van der Waals surface area contributed by atoms with Gasteiger partial charge in [0.2, 0.25) is 0 Å². The summed E-state index contributed by atoms with van der Waals surface area (Å²) in [6.07, 6.45) is 10.1. The van der Waals surface area contributed by atoms with E-state index >= 15 is 0 Å². The molecule has 9 rings (SSSR count). The van der Waals surface area contributed by atoms with Crippen LogP contribution in [0.5, 0.6) is 0 Å². The van der Waals surface area contributed by atoms with Crippen LogP contribution in [0.25, 0.3) is 5.65 Å². The summed E-state index contributed by atoms with van der Waals surface area (Å²) in [5, 5.41) is 15.2. The van der Waals surface area contributed by atoms with E-state index in [0.717, 1.165) is 61.8 Å². The van der Waals surface area contributed by atoms with Crippen LogP contribution in [0.1, 0.15) is 63.3 Å². The van der Waals surface area contributed by atoms with Gasteiger partial charge in [-0.2, -0.15) is 0 Å². The number of aryl methyl sites for hydroxylation is 1. The monoisotopic (exact) mass is 574 g/mol. The van der Waals surface area contributed by atoms with Crippen molar-refractivity contribution in [3.05, 3.63) is 60.0 Å². The summed E-state index contributed by atoms with van der Waals surface area (Å²) in [4.78, 5) is 31.0. The predicted molar refractivity (Wildman–Crippen MR) is 159 cm³/mol. The van der Waals surface area contributed by atoms with Crippen molar-refractivity contribution in [3.8, 4) is 0 Å². The first kappa shape index (κ1) is 28.5. The molecule has 10 heteroatoms. The first-order chi connectivity index (χ1) is 20.4. The number of rotatable bonds is 3. The topological polar surface area (TPSA) is 112 Å². The lowest BCUT2D eigenvalue weighted by Crippen LogP contribution is -2.60. The minimum absolute atomic E-state index is 0.0374. The predicted octanol–water partition coefficient (Wildman–Crippen LogP) is 4.61. The number of anilines is 1. The second-order valence-electron chi connectivity index (χ2n) is 12.7. The van der Waals surface area contributed by atoms with Crippen LogP contribution < -0.4 is 10.2 Å². The first-order valence-electron chi connectivity index (χ1n) is 15.3. The van der Waals surface area contributed by atoms with Crippen molar-refractivity contribution in [2.45, 2.75) is 76.0 Å². The number of carbonyl (C=O) groups excluding carboxylic acids is 1. The van der Waals surface area contributed by atoms with Gasteiger partial charge in [0.05, 0.1) is 30.1 Å². The Hall–Kier alpha value is -3.66. The third-order valence-corrected chi connectivity index (χ3v) is 9.73. The summed E-state index contributed by atoms with van der Waals surface area (Å²) in [5.74, 6) is 1.85. The Morgan fingerprint density at radius 3 is 2.43 bits per heavy atom. The molecule has 6 heterocycles. The molecule has 2 amide bonds. The molecule has 1 aromatic carbocycles. The summed E-state index contributed by atoms with van der Waals surface area (Å²) in [5.41, 5.74) is 2.63. The summed E-state index contributed by atoms with van der Waals surface area (Å²) < 4.78 is 8.33. The Labute approximate surface area is 247 Å². The minimum Gasteiger partial charge on any atom is -0.483 e. The Balaban J connectivity index is 0.000000306. The number of amides is 2. The Morgan fingerprint density at radius 1 is 1.12 bits per heavy atom. The fraction of sp³-hybridized carbons (Fsp3) is 0.562. The highest BCUT2D eigenvalue weighted by Gasteiger charge is 2.68. The largest absolute Gasteiger partial charge is 0.483 e. The number of hydrogen-bond donors (Lipinski definition) is 2. The lowest BCUT2D eigenvalue weighted by atomic mass is 9.67. The molecule has 2 N–H and O–H groups in total. The Bertz CT molecular complexity index is 1380. The van der Waals surface area contributed by atoms with Gasteiger partial charge < -0.3 is 25.0 Å². The van der Waals surface area contributed by atoms with Gasteiger partial charge in [-0.3, -0.25) is 4.79 Å². The highest BCUT2D eigenvalue weighted by atomic mass is 16.5. The molecule has 224 valence electrons. The molecule has 4 saturated heterocycles. The van der Waals surface area contributed by atoms with Gasteiger partial charge >= 0.3 is 6.03 Å². The van der Waals surface area contributed by atoms with E-state index in [0.29, 0.717) is 12.5 Å². The molecule has 4 atom stereocenters. The maximum absolute atomic E-state index is 13.1. The van der Waals surface area contributed by atoms with Gasteiger partial charge in [-0.15, -0.1) is 5.10 Å². The molecule has 6 fully saturated rings. The molecular formula is C32H42N6O4. The van der Waals surface area contributed by atoms with Crippen LogP contribution in [-0.2, 0) is 15.1 Å². The van der Waals surface area contributed by atoms with E-state index in [1.54, 1.807) is 0 Å². The van der Waals surface area contributed by atoms with Gasteiger partial charge in [-0.25, -0.2) is 14.3 Å². The van der Waals surface area contributed by atoms with Gasteiger partial charge in [0.15, 0.2) is 17.1 Å². The van der Waals surface area contributed by atoms with Gasteiger partial charge in [0.25, 0.3) is 6.47 Å². The van der Waals surface area contributed by atoms with E-state index in [9.17, 15) is 4.79 Å². The third kappa shape index (κ3) is 5.10. The maximum Gasteiger partial charge on any atom is 0.318 e. The van der Waals surface area contributed by atoms with E-state index in [4.69, 9.17) is 24.7 Å². The molecule has 10 nitrogen and oxygen atoms in total. The molecule has 4 unspecified atom stereocenters. The van der Waals surface area contributed by atoms with Gasteiger partial charge in [0.1, 0.15) is 0 Å². The zero-order chi connectivity index (χ0) is 29.3. The number of urea groups is 1. The van der Waals surface area contributed by atoms with Crippen molar-refractivity contribution in [1.82, 2.24) is 24.8 Å². The second-order valence-corrected chi connectivity index (χ2v) is 12.7. The van der Waals surface area contributed by atoms with Crippen LogP contribution in [0, 0.1) is 18.8 Å². The fourth-order valence-electron chi connectivity index (χ4n) is 7.70. The highest BCUT2D eigenvalue weighted by Crippen LogP contribution is 2.57. The third-order valence-electron chi connectivity index (χ3n) is 9.73. The van der Waals surface area contributed by atoms with Crippen LogP contribution in [-0.4, -0.2) is 74.9 Å². The molecule has 1 spiro atoms. The molecular weight excluding hydrogens is 532 g/mol. The molecule has 3 aromatic rings. The van der Waals surface area contributed by atoms with Crippen LogP contribution in [0.3, 0.4) is 0 Å². The Morgan fingerprint density at radius 2 is 1.81 bits per heavy atom. The molecule has 0 radical (unpaired) electrons. The van der Waals surface area contributed by atoms with Gasteiger partial charge in [-0.1, -0.05) is 62.6 Å². The average molecular weight is 575 g/mol. The molecule has 2 aromatic heterocycles.